The molecular weight excluding hydrogens is 256 g/mol. The second-order valence-corrected chi connectivity index (χ2v) is 4.34. The number of unbranched alkanes of at least 4 members (excludes halogenated alkanes) is 2. The zero-order chi connectivity index (χ0) is 10.9. The molecule has 84 valence electrons. The van der Waals surface area contributed by atoms with Crippen LogP contribution in [-0.2, 0) is 6.54 Å². The van der Waals surface area contributed by atoms with E-state index in [1.165, 1.54) is 0 Å². The largest absolute Gasteiger partial charge is 0.396 e. The lowest BCUT2D eigenvalue weighted by Gasteiger charge is -2.03. The fraction of sp³-hybridized carbons (Fsp3) is 0.545. The molecule has 0 unspecified atom stereocenters. The smallest absolute Gasteiger partial charge is 0.0542 e. The Balaban J connectivity index is 2.07. The second kappa shape index (κ2) is 7.79. The summed E-state index contributed by atoms with van der Waals surface area (Å²) in [5.41, 5.74) is 1.06. The van der Waals surface area contributed by atoms with Crippen molar-refractivity contribution >= 4 is 15.9 Å². The highest BCUT2D eigenvalue weighted by Gasteiger charge is 1.94. The normalized spacial score (nSPS) is 10.5. The van der Waals surface area contributed by atoms with Crippen LogP contribution < -0.4 is 5.32 Å². The standard InChI is InChI=1S/C11H17BrN2O/c12-10-4-5-11(14-8-10)9-13-6-2-1-3-7-15/h4-5,8,13,15H,1-3,6-7,9H2. The van der Waals surface area contributed by atoms with E-state index in [2.05, 4.69) is 26.2 Å². The summed E-state index contributed by atoms with van der Waals surface area (Å²) in [4.78, 5) is 4.26. The van der Waals surface area contributed by atoms with E-state index in [4.69, 9.17) is 5.11 Å². The van der Waals surface area contributed by atoms with E-state index in [0.29, 0.717) is 6.61 Å². The lowest BCUT2D eigenvalue weighted by Crippen LogP contribution is -2.15. The van der Waals surface area contributed by atoms with Gasteiger partial charge in [-0.25, -0.2) is 0 Å². The molecule has 2 N–H and O–H groups in total. The Morgan fingerprint density at radius 2 is 2.13 bits per heavy atom. The zero-order valence-corrected chi connectivity index (χ0v) is 10.3. The van der Waals surface area contributed by atoms with Crippen molar-refractivity contribution < 1.29 is 5.11 Å². The van der Waals surface area contributed by atoms with E-state index in [0.717, 1.165) is 42.5 Å². The van der Waals surface area contributed by atoms with E-state index < -0.39 is 0 Å². The maximum atomic E-state index is 8.59. The predicted octanol–water partition coefficient (Wildman–Crippen LogP) is 2.10. The molecule has 0 saturated heterocycles. The lowest BCUT2D eigenvalue weighted by molar-refractivity contribution is 0.283. The Morgan fingerprint density at radius 1 is 1.27 bits per heavy atom. The molecule has 0 radical (unpaired) electrons. The molecule has 1 aromatic rings. The first-order chi connectivity index (χ1) is 7.33. The summed E-state index contributed by atoms with van der Waals surface area (Å²) < 4.78 is 1.01. The summed E-state index contributed by atoms with van der Waals surface area (Å²) in [5.74, 6) is 0. The number of rotatable bonds is 7. The minimum Gasteiger partial charge on any atom is -0.396 e. The van der Waals surface area contributed by atoms with Crippen molar-refractivity contribution in [3.05, 3.63) is 28.5 Å². The first kappa shape index (κ1) is 12.6. The SMILES string of the molecule is OCCCCCNCc1ccc(Br)cn1. The Morgan fingerprint density at radius 3 is 2.80 bits per heavy atom. The van der Waals surface area contributed by atoms with Gasteiger partial charge in [0, 0.05) is 23.8 Å². The highest BCUT2D eigenvalue weighted by atomic mass is 79.9. The zero-order valence-electron chi connectivity index (χ0n) is 8.75. The summed E-state index contributed by atoms with van der Waals surface area (Å²) in [7, 11) is 0. The van der Waals surface area contributed by atoms with Gasteiger partial charge in [0.15, 0.2) is 0 Å². The monoisotopic (exact) mass is 272 g/mol. The van der Waals surface area contributed by atoms with Crippen molar-refractivity contribution in [1.82, 2.24) is 10.3 Å². The van der Waals surface area contributed by atoms with Crippen molar-refractivity contribution in [2.75, 3.05) is 13.2 Å². The molecule has 0 amide bonds. The van der Waals surface area contributed by atoms with Gasteiger partial charge in [-0.3, -0.25) is 4.98 Å². The maximum absolute atomic E-state index is 8.59. The van der Waals surface area contributed by atoms with Crippen LogP contribution in [0.5, 0.6) is 0 Å². The van der Waals surface area contributed by atoms with Crippen molar-refractivity contribution in [1.29, 1.82) is 0 Å². The molecule has 1 rings (SSSR count). The lowest BCUT2D eigenvalue weighted by atomic mass is 10.2. The molecule has 0 aliphatic heterocycles. The first-order valence-electron chi connectivity index (χ1n) is 5.25. The molecule has 0 bridgehead atoms. The van der Waals surface area contributed by atoms with Gasteiger partial charge in [-0.05, 0) is 53.9 Å². The minimum atomic E-state index is 0.300. The number of halogens is 1. The number of aliphatic hydroxyl groups excluding tert-OH is 1. The Hall–Kier alpha value is -0.450. The molecule has 0 atom stereocenters. The van der Waals surface area contributed by atoms with Crippen LogP contribution in [0.25, 0.3) is 0 Å². The predicted molar refractivity (Wildman–Crippen MR) is 64.6 cm³/mol. The van der Waals surface area contributed by atoms with Crippen LogP contribution in [0.1, 0.15) is 25.0 Å². The van der Waals surface area contributed by atoms with Crippen molar-refractivity contribution in [3.8, 4) is 0 Å². The van der Waals surface area contributed by atoms with Crippen LogP contribution in [0.4, 0.5) is 0 Å². The van der Waals surface area contributed by atoms with Gasteiger partial charge in [0.2, 0.25) is 0 Å². The number of nitrogens with zero attached hydrogens (tertiary/aromatic N) is 1. The van der Waals surface area contributed by atoms with E-state index in [-0.39, 0.29) is 0 Å². The molecule has 1 aromatic heterocycles. The number of hydrogen-bond donors (Lipinski definition) is 2. The third-order valence-electron chi connectivity index (χ3n) is 2.11. The minimum absolute atomic E-state index is 0.300. The van der Waals surface area contributed by atoms with E-state index in [9.17, 15) is 0 Å². The van der Waals surface area contributed by atoms with E-state index >= 15 is 0 Å². The fourth-order valence-electron chi connectivity index (χ4n) is 1.27. The van der Waals surface area contributed by atoms with Crippen LogP contribution in [-0.4, -0.2) is 23.2 Å². The molecule has 1 heterocycles. The average molecular weight is 273 g/mol. The van der Waals surface area contributed by atoms with Crippen LogP contribution >= 0.6 is 15.9 Å². The van der Waals surface area contributed by atoms with Gasteiger partial charge in [-0.1, -0.05) is 0 Å². The first-order valence-corrected chi connectivity index (χ1v) is 6.04. The van der Waals surface area contributed by atoms with Gasteiger partial charge in [0.25, 0.3) is 0 Å². The molecule has 0 aliphatic rings. The van der Waals surface area contributed by atoms with Crippen LogP contribution in [0.2, 0.25) is 0 Å². The average Bonchev–Trinajstić information content (AvgIpc) is 2.26. The topological polar surface area (TPSA) is 45.1 Å². The Labute approximate surface area is 99.1 Å². The molecular formula is C11H17BrN2O. The Bertz CT molecular complexity index is 264. The molecule has 0 saturated carbocycles. The van der Waals surface area contributed by atoms with Crippen LogP contribution in [0.15, 0.2) is 22.8 Å². The van der Waals surface area contributed by atoms with Gasteiger partial charge in [0.05, 0.1) is 5.69 Å². The number of nitrogens with one attached hydrogen (secondary N) is 1. The third kappa shape index (κ3) is 5.87. The second-order valence-electron chi connectivity index (χ2n) is 3.43. The molecule has 4 heteroatoms. The van der Waals surface area contributed by atoms with E-state index in [1.807, 2.05) is 18.3 Å². The molecule has 15 heavy (non-hydrogen) atoms. The summed E-state index contributed by atoms with van der Waals surface area (Å²) in [5, 5.41) is 11.9. The maximum Gasteiger partial charge on any atom is 0.0542 e. The van der Waals surface area contributed by atoms with Gasteiger partial charge < -0.3 is 10.4 Å². The van der Waals surface area contributed by atoms with Gasteiger partial charge in [-0.2, -0.15) is 0 Å². The molecule has 3 nitrogen and oxygen atoms in total. The van der Waals surface area contributed by atoms with Gasteiger partial charge >= 0.3 is 0 Å². The summed E-state index contributed by atoms with van der Waals surface area (Å²) in [6.45, 7) is 2.10. The van der Waals surface area contributed by atoms with Gasteiger partial charge in [0.1, 0.15) is 0 Å². The third-order valence-corrected chi connectivity index (χ3v) is 2.58. The van der Waals surface area contributed by atoms with Crippen molar-refractivity contribution in [2.45, 2.75) is 25.8 Å². The molecule has 0 aromatic carbocycles. The fourth-order valence-corrected chi connectivity index (χ4v) is 1.50. The molecule has 0 aliphatic carbocycles. The van der Waals surface area contributed by atoms with Crippen LogP contribution in [0.3, 0.4) is 0 Å². The molecule has 0 spiro atoms. The molecule has 0 fully saturated rings. The summed E-state index contributed by atoms with van der Waals surface area (Å²) in [6.07, 6.45) is 4.90. The Kier molecular flexibility index (Phi) is 6.55. The number of aromatic nitrogens is 1. The van der Waals surface area contributed by atoms with Crippen molar-refractivity contribution in [2.24, 2.45) is 0 Å². The van der Waals surface area contributed by atoms with E-state index in [1.54, 1.807) is 0 Å². The summed E-state index contributed by atoms with van der Waals surface area (Å²) >= 11 is 3.35. The van der Waals surface area contributed by atoms with Gasteiger partial charge in [-0.15, -0.1) is 0 Å². The van der Waals surface area contributed by atoms with Crippen LogP contribution in [0, 0.1) is 0 Å². The number of hydrogen-bond acceptors (Lipinski definition) is 3. The highest BCUT2D eigenvalue weighted by molar-refractivity contribution is 9.10. The number of aliphatic hydroxyl groups is 1. The highest BCUT2D eigenvalue weighted by Crippen LogP contribution is 2.07. The summed E-state index contributed by atoms with van der Waals surface area (Å²) in [6, 6.07) is 4.00. The quantitative estimate of drug-likeness (QED) is 0.748. The number of pyridine rings is 1. The van der Waals surface area contributed by atoms with Crippen molar-refractivity contribution in [3.63, 3.8) is 0 Å².